The molecule has 3 N–H and O–H groups in total. The maximum atomic E-state index is 13.2. The van der Waals surface area contributed by atoms with E-state index in [0.29, 0.717) is 12.8 Å². The number of fused-ring (bicyclic) bond motifs is 3. The molecule has 0 aliphatic heterocycles. The largest absolute Gasteiger partial charge is 0.481 e. The number of carboxylic acids is 1. The summed E-state index contributed by atoms with van der Waals surface area (Å²) in [6, 6.07) is 15.9. The van der Waals surface area contributed by atoms with E-state index in [0.717, 1.165) is 36.8 Å². The van der Waals surface area contributed by atoms with Crippen LogP contribution in [0.2, 0.25) is 0 Å². The van der Waals surface area contributed by atoms with E-state index in [4.69, 9.17) is 9.84 Å². The van der Waals surface area contributed by atoms with Crippen molar-refractivity contribution in [1.29, 1.82) is 0 Å². The highest BCUT2D eigenvalue weighted by Gasteiger charge is 2.40. The van der Waals surface area contributed by atoms with Gasteiger partial charge in [0.1, 0.15) is 6.61 Å². The Bertz CT molecular complexity index is 1030. The van der Waals surface area contributed by atoms with Gasteiger partial charge in [0, 0.05) is 18.5 Å². The van der Waals surface area contributed by atoms with Gasteiger partial charge in [0.05, 0.1) is 11.8 Å². The topological polar surface area (TPSA) is 105 Å². The van der Waals surface area contributed by atoms with Gasteiger partial charge in [-0.05, 0) is 42.0 Å². The Balaban J connectivity index is 1.39. The fourth-order valence-electron chi connectivity index (χ4n) is 5.47. The second-order valence-electron chi connectivity index (χ2n) is 9.85. The number of hydrogen-bond donors (Lipinski definition) is 3. The minimum absolute atomic E-state index is 0.0276. The number of ether oxygens (including phenoxy) is 1. The molecule has 35 heavy (non-hydrogen) atoms. The molecule has 2 aliphatic carbocycles. The zero-order valence-electron chi connectivity index (χ0n) is 20.2. The Kier molecular flexibility index (Phi) is 7.73. The van der Waals surface area contributed by atoms with Gasteiger partial charge >= 0.3 is 12.1 Å². The average molecular weight is 479 g/mol. The number of benzene rings is 2. The SMILES string of the molecule is CC(CC(=O)O)NC(=O)C1(CNC(=O)OCC2c3ccccc3-c3ccccc32)CCCCCC1. The van der Waals surface area contributed by atoms with Crippen LogP contribution >= 0.6 is 0 Å². The number of aliphatic carboxylic acids is 1. The van der Waals surface area contributed by atoms with E-state index >= 15 is 0 Å². The van der Waals surface area contributed by atoms with E-state index in [1.54, 1.807) is 6.92 Å². The third-order valence-electron chi connectivity index (χ3n) is 7.32. The number of carboxylic acid groups (broad SMARTS) is 1. The van der Waals surface area contributed by atoms with Crippen molar-refractivity contribution in [3.8, 4) is 11.1 Å². The molecular weight excluding hydrogens is 444 g/mol. The fraction of sp³-hybridized carbons (Fsp3) is 0.464. The molecule has 1 saturated carbocycles. The van der Waals surface area contributed by atoms with Gasteiger partial charge in [-0.25, -0.2) is 4.79 Å². The first-order valence-corrected chi connectivity index (χ1v) is 12.5. The Morgan fingerprint density at radius 1 is 0.971 bits per heavy atom. The van der Waals surface area contributed by atoms with Crippen molar-refractivity contribution in [1.82, 2.24) is 10.6 Å². The normalized spacial score (nSPS) is 17.4. The molecule has 7 nitrogen and oxygen atoms in total. The molecule has 1 unspecified atom stereocenters. The van der Waals surface area contributed by atoms with E-state index in [1.165, 1.54) is 11.1 Å². The summed E-state index contributed by atoms with van der Waals surface area (Å²) in [5.41, 5.74) is 3.87. The lowest BCUT2D eigenvalue weighted by molar-refractivity contribution is -0.138. The molecule has 1 atom stereocenters. The van der Waals surface area contributed by atoms with Gasteiger partial charge in [-0.15, -0.1) is 0 Å². The predicted octanol–water partition coefficient (Wildman–Crippen LogP) is 4.85. The van der Waals surface area contributed by atoms with Crippen LogP contribution in [0.3, 0.4) is 0 Å². The first-order valence-electron chi connectivity index (χ1n) is 12.5. The van der Waals surface area contributed by atoms with E-state index in [2.05, 4.69) is 34.9 Å². The lowest BCUT2D eigenvalue weighted by Gasteiger charge is -2.32. The molecule has 2 aliphatic rings. The zero-order valence-corrected chi connectivity index (χ0v) is 20.2. The molecule has 0 heterocycles. The molecule has 0 radical (unpaired) electrons. The summed E-state index contributed by atoms with van der Waals surface area (Å²) in [5.74, 6) is -1.17. The van der Waals surface area contributed by atoms with Gasteiger partial charge in [0.15, 0.2) is 0 Å². The van der Waals surface area contributed by atoms with Gasteiger partial charge in [-0.3, -0.25) is 9.59 Å². The molecule has 0 saturated heterocycles. The number of alkyl carbamates (subject to hydrolysis) is 1. The Morgan fingerprint density at radius 3 is 2.11 bits per heavy atom. The molecule has 0 bridgehead atoms. The van der Waals surface area contributed by atoms with Crippen molar-refractivity contribution >= 4 is 18.0 Å². The maximum Gasteiger partial charge on any atom is 0.407 e. The van der Waals surface area contributed by atoms with Crippen molar-refractivity contribution in [2.24, 2.45) is 5.41 Å². The van der Waals surface area contributed by atoms with Crippen molar-refractivity contribution in [3.63, 3.8) is 0 Å². The highest BCUT2D eigenvalue weighted by Crippen LogP contribution is 2.44. The van der Waals surface area contributed by atoms with Gasteiger partial charge in [0.25, 0.3) is 0 Å². The smallest absolute Gasteiger partial charge is 0.407 e. The van der Waals surface area contributed by atoms with Gasteiger partial charge in [-0.2, -0.15) is 0 Å². The lowest BCUT2D eigenvalue weighted by Crippen LogP contribution is -2.50. The van der Waals surface area contributed by atoms with Crippen LogP contribution in [0.15, 0.2) is 48.5 Å². The van der Waals surface area contributed by atoms with Gasteiger partial charge < -0.3 is 20.5 Å². The third kappa shape index (κ3) is 5.66. The van der Waals surface area contributed by atoms with Crippen molar-refractivity contribution in [3.05, 3.63) is 59.7 Å². The number of rotatable bonds is 8. The molecular formula is C28H34N2O5. The van der Waals surface area contributed by atoms with Gasteiger partial charge in [0.2, 0.25) is 5.91 Å². The molecule has 2 aromatic rings. The highest BCUT2D eigenvalue weighted by molar-refractivity contribution is 5.84. The third-order valence-corrected chi connectivity index (χ3v) is 7.32. The molecule has 2 amide bonds. The first kappa shape index (κ1) is 24.8. The van der Waals surface area contributed by atoms with Crippen LogP contribution in [-0.2, 0) is 14.3 Å². The van der Waals surface area contributed by atoms with Crippen LogP contribution in [0.1, 0.15) is 68.9 Å². The van der Waals surface area contributed by atoms with Crippen molar-refractivity contribution in [2.45, 2.75) is 63.8 Å². The number of nitrogens with one attached hydrogen (secondary N) is 2. The van der Waals surface area contributed by atoms with E-state index in [9.17, 15) is 14.4 Å². The summed E-state index contributed by atoms with van der Waals surface area (Å²) < 4.78 is 5.66. The standard InChI is InChI=1S/C28H34N2O5/c1-19(16-25(31)32)30-26(33)28(14-8-2-3-9-15-28)18-29-27(34)35-17-24-22-12-6-4-10-20(22)21-11-5-7-13-23(21)24/h4-7,10-13,19,24H,2-3,8-9,14-18H2,1H3,(H,29,34)(H,30,33)(H,31,32). The summed E-state index contributed by atoms with van der Waals surface area (Å²) in [7, 11) is 0. The number of carbonyl (C=O) groups is 3. The van der Waals surface area contributed by atoms with Crippen LogP contribution in [0, 0.1) is 5.41 Å². The minimum atomic E-state index is -0.954. The minimum Gasteiger partial charge on any atom is -0.481 e. The summed E-state index contributed by atoms with van der Waals surface area (Å²) in [5, 5.41) is 14.7. The van der Waals surface area contributed by atoms with E-state index in [-0.39, 0.29) is 31.4 Å². The molecule has 2 aromatic carbocycles. The second kappa shape index (κ2) is 10.9. The molecule has 186 valence electrons. The maximum absolute atomic E-state index is 13.2. The molecule has 7 heteroatoms. The Morgan fingerprint density at radius 2 is 1.54 bits per heavy atom. The Hall–Kier alpha value is -3.35. The molecule has 0 spiro atoms. The highest BCUT2D eigenvalue weighted by atomic mass is 16.5. The van der Waals surface area contributed by atoms with Gasteiger partial charge in [-0.1, -0.05) is 74.2 Å². The average Bonchev–Trinajstić information content (AvgIpc) is 2.97. The van der Waals surface area contributed by atoms with Crippen LogP contribution in [-0.4, -0.2) is 42.3 Å². The van der Waals surface area contributed by atoms with Crippen LogP contribution in [0.4, 0.5) is 4.79 Å². The molecule has 4 rings (SSSR count). The summed E-state index contributed by atoms with van der Waals surface area (Å²) >= 11 is 0. The van der Waals surface area contributed by atoms with Crippen molar-refractivity contribution in [2.75, 3.05) is 13.2 Å². The second-order valence-corrected chi connectivity index (χ2v) is 9.85. The number of hydrogen-bond acceptors (Lipinski definition) is 4. The summed E-state index contributed by atoms with van der Waals surface area (Å²) in [6.45, 7) is 2.08. The molecule has 1 fully saturated rings. The number of carbonyl (C=O) groups excluding carboxylic acids is 2. The van der Waals surface area contributed by atoms with E-state index < -0.39 is 23.5 Å². The summed E-state index contributed by atoms with van der Waals surface area (Å²) in [6.07, 6.45) is 4.52. The van der Waals surface area contributed by atoms with E-state index in [1.807, 2.05) is 24.3 Å². The quantitative estimate of drug-likeness (QED) is 0.471. The molecule has 0 aromatic heterocycles. The lowest BCUT2D eigenvalue weighted by atomic mass is 9.79. The first-order chi connectivity index (χ1) is 16.9. The number of amides is 2. The van der Waals surface area contributed by atoms with Crippen molar-refractivity contribution < 1.29 is 24.2 Å². The van der Waals surface area contributed by atoms with Crippen LogP contribution in [0.25, 0.3) is 11.1 Å². The Labute approximate surface area is 206 Å². The monoisotopic (exact) mass is 478 g/mol. The van der Waals surface area contributed by atoms with Crippen LogP contribution < -0.4 is 10.6 Å². The summed E-state index contributed by atoms with van der Waals surface area (Å²) in [4.78, 5) is 37.0. The zero-order chi connectivity index (χ0) is 24.8. The predicted molar refractivity (Wildman–Crippen MR) is 133 cm³/mol. The van der Waals surface area contributed by atoms with Crippen LogP contribution in [0.5, 0.6) is 0 Å². The fourth-order valence-corrected chi connectivity index (χ4v) is 5.47.